The molecule has 190 valence electrons. The highest BCUT2D eigenvalue weighted by Gasteiger charge is 2.18. The Morgan fingerprint density at radius 2 is 1.05 bits per heavy atom. The summed E-state index contributed by atoms with van der Waals surface area (Å²) in [5.41, 5.74) is 8.97. The quantitative estimate of drug-likeness (QED) is 0.218. The fraction of sp³-hybridized carbons (Fsp3) is 0.114. The molecule has 0 aliphatic heterocycles. The smallest absolute Gasteiger partial charge is 0.168 e. The van der Waals surface area contributed by atoms with Crippen LogP contribution in [0.3, 0.4) is 0 Å². The number of nitrogens with zero attached hydrogens (tertiary/aromatic N) is 4. The molecule has 6 rings (SSSR count). The molecule has 6 aromatic rings. The average Bonchev–Trinajstić information content (AvgIpc) is 3.44. The molecule has 0 saturated carbocycles. The Morgan fingerprint density at radius 3 is 1.64 bits per heavy atom. The molecular weight excluding hydrogens is 476 g/mol. The molecule has 4 aromatic carbocycles. The Hall–Kier alpha value is -4.83. The van der Waals surface area contributed by atoms with Crippen LogP contribution >= 0.6 is 0 Å². The summed E-state index contributed by atoms with van der Waals surface area (Å²) >= 11 is 0. The molecule has 2 heterocycles. The molecule has 0 N–H and O–H groups in total. The Kier molecular flexibility index (Phi) is 6.84. The van der Waals surface area contributed by atoms with Gasteiger partial charge < -0.3 is 0 Å². The number of pyridine rings is 1. The van der Waals surface area contributed by atoms with Gasteiger partial charge in [0.15, 0.2) is 11.6 Å². The molecule has 0 aliphatic carbocycles. The summed E-state index contributed by atoms with van der Waals surface area (Å²) < 4.78 is 2.15. The van der Waals surface area contributed by atoms with Crippen molar-refractivity contribution in [2.75, 3.05) is 0 Å². The Labute approximate surface area is 229 Å². The van der Waals surface area contributed by atoms with E-state index < -0.39 is 0 Å². The maximum absolute atomic E-state index is 4.70. The molecule has 4 nitrogen and oxygen atoms in total. The molecule has 4 heteroatoms. The second-order valence-corrected chi connectivity index (χ2v) is 10.2. The minimum atomic E-state index is 0.614. The van der Waals surface area contributed by atoms with Crippen molar-refractivity contribution in [3.05, 3.63) is 133 Å². The van der Waals surface area contributed by atoms with Crippen molar-refractivity contribution < 1.29 is 0 Å². The third-order valence-electron chi connectivity index (χ3n) is 6.89. The number of hydrogen-bond donors (Lipinski definition) is 0. The second-order valence-electron chi connectivity index (χ2n) is 10.2. The molecule has 0 amide bonds. The molecular formula is C35H30N4. The van der Waals surface area contributed by atoms with Gasteiger partial charge in [-0.05, 0) is 58.4 Å². The van der Waals surface area contributed by atoms with Crippen molar-refractivity contribution in [3.63, 3.8) is 0 Å². The van der Waals surface area contributed by atoms with Gasteiger partial charge in [-0.15, -0.1) is 10.2 Å². The van der Waals surface area contributed by atoms with Crippen molar-refractivity contribution in [1.82, 2.24) is 19.7 Å². The Bertz CT molecular complexity index is 1650. The molecule has 2 aromatic heterocycles. The highest BCUT2D eigenvalue weighted by molar-refractivity contribution is 5.72. The van der Waals surface area contributed by atoms with Gasteiger partial charge in [-0.2, -0.15) is 0 Å². The summed E-state index contributed by atoms with van der Waals surface area (Å²) in [5, 5.41) is 9.39. The summed E-state index contributed by atoms with van der Waals surface area (Å²) in [5.74, 6) is 2.25. The fourth-order valence-corrected chi connectivity index (χ4v) is 4.94. The third-order valence-corrected chi connectivity index (χ3v) is 6.89. The van der Waals surface area contributed by atoms with E-state index >= 15 is 0 Å². The normalized spacial score (nSPS) is 11.2. The van der Waals surface area contributed by atoms with Crippen LogP contribution in [0, 0.1) is 5.92 Å². The Morgan fingerprint density at radius 1 is 0.538 bits per heavy atom. The van der Waals surface area contributed by atoms with E-state index in [-0.39, 0.29) is 0 Å². The monoisotopic (exact) mass is 506 g/mol. The lowest BCUT2D eigenvalue weighted by Gasteiger charge is -2.13. The highest BCUT2D eigenvalue weighted by Crippen LogP contribution is 2.31. The molecule has 0 fully saturated rings. The predicted molar refractivity (Wildman–Crippen MR) is 159 cm³/mol. The van der Waals surface area contributed by atoms with Crippen molar-refractivity contribution >= 4 is 0 Å². The van der Waals surface area contributed by atoms with Crippen LogP contribution in [-0.2, 0) is 6.42 Å². The highest BCUT2D eigenvalue weighted by atomic mass is 15.3. The summed E-state index contributed by atoms with van der Waals surface area (Å²) in [6.07, 6.45) is 4.74. The van der Waals surface area contributed by atoms with E-state index in [1.807, 2.05) is 18.3 Å². The summed E-state index contributed by atoms with van der Waals surface area (Å²) in [4.78, 5) is 4.27. The van der Waals surface area contributed by atoms with Crippen LogP contribution in [0.2, 0.25) is 0 Å². The van der Waals surface area contributed by atoms with Crippen LogP contribution in [0.5, 0.6) is 0 Å². The minimum Gasteiger partial charge on any atom is -0.275 e. The lowest BCUT2D eigenvalue weighted by Crippen LogP contribution is -2.01. The zero-order valence-corrected chi connectivity index (χ0v) is 22.2. The summed E-state index contributed by atoms with van der Waals surface area (Å²) in [6, 6.07) is 40.2. The maximum atomic E-state index is 4.70. The first-order valence-electron chi connectivity index (χ1n) is 13.4. The van der Waals surface area contributed by atoms with Crippen LogP contribution in [0.15, 0.2) is 128 Å². The number of benzene rings is 4. The van der Waals surface area contributed by atoms with E-state index in [9.17, 15) is 0 Å². The maximum Gasteiger partial charge on any atom is 0.168 e. The summed E-state index contributed by atoms with van der Waals surface area (Å²) in [7, 11) is 0. The van der Waals surface area contributed by atoms with Crippen LogP contribution in [0.4, 0.5) is 0 Å². The van der Waals surface area contributed by atoms with Gasteiger partial charge in [0.05, 0.1) is 0 Å². The molecule has 39 heavy (non-hydrogen) atoms. The fourth-order valence-electron chi connectivity index (χ4n) is 4.94. The van der Waals surface area contributed by atoms with Gasteiger partial charge in [0.25, 0.3) is 0 Å². The molecule has 0 atom stereocenters. The van der Waals surface area contributed by atoms with Gasteiger partial charge in [-0.1, -0.05) is 111 Å². The van der Waals surface area contributed by atoms with Gasteiger partial charge in [-0.25, -0.2) is 0 Å². The topological polar surface area (TPSA) is 43.6 Å². The van der Waals surface area contributed by atoms with Gasteiger partial charge in [0.2, 0.25) is 0 Å². The van der Waals surface area contributed by atoms with E-state index in [1.54, 1.807) is 6.20 Å². The second kappa shape index (κ2) is 10.9. The average molecular weight is 507 g/mol. The first-order chi connectivity index (χ1) is 19.2. The van der Waals surface area contributed by atoms with Crippen molar-refractivity contribution in [1.29, 1.82) is 0 Å². The van der Waals surface area contributed by atoms with Crippen molar-refractivity contribution in [3.8, 4) is 50.7 Å². The van der Waals surface area contributed by atoms with E-state index in [1.165, 1.54) is 16.7 Å². The first-order valence-corrected chi connectivity index (χ1v) is 13.4. The summed E-state index contributed by atoms with van der Waals surface area (Å²) in [6.45, 7) is 4.49. The van der Waals surface area contributed by atoms with Crippen molar-refractivity contribution in [2.24, 2.45) is 5.92 Å². The van der Waals surface area contributed by atoms with Gasteiger partial charge >= 0.3 is 0 Å². The number of hydrogen-bond acceptors (Lipinski definition) is 3. The van der Waals surface area contributed by atoms with Crippen LogP contribution < -0.4 is 0 Å². The molecule has 0 saturated heterocycles. The largest absolute Gasteiger partial charge is 0.275 e. The zero-order chi connectivity index (χ0) is 26.6. The third kappa shape index (κ3) is 5.27. The molecule has 0 aliphatic rings. The zero-order valence-electron chi connectivity index (χ0n) is 22.2. The van der Waals surface area contributed by atoms with Gasteiger partial charge in [0, 0.05) is 29.2 Å². The van der Waals surface area contributed by atoms with Crippen LogP contribution in [0.25, 0.3) is 50.7 Å². The number of rotatable bonds is 7. The van der Waals surface area contributed by atoms with E-state index in [4.69, 9.17) is 10.2 Å². The Balaban J connectivity index is 1.42. The molecule has 0 unspecified atom stereocenters. The molecule has 0 radical (unpaired) electrons. The van der Waals surface area contributed by atoms with E-state index in [0.29, 0.717) is 5.92 Å². The molecule has 0 spiro atoms. The predicted octanol–water partition coefficient (Wildman–Crippen LogP) is 8.53. The van der Waals surface area contributed by atoms with E-state index in [2.05, 4.69) is 127 Å². The lowest BCUT2D eigenvalue weighted by molar-refractivity contribution is 0.647. The standard InChI is InChI=1S/C35H30N4/c1-25(2)23-26-10-12-30(13-11-26)34-37-38-35(31-16-14-28(15-17-31)27-7-4-3-5-8-27)39(34)33-20-18-29(19-21-33)32-9-6-22-36-24-32/h3-22,24-25H,23H2,1-2H3. The molecule has 0 bridgehead atoms. The SMILES string of the molecule is CC(C)Cc1ccc(-c2nnc(-c3ccc(-c4ccccc4)cc3)n2-c2ccc(-c3cccnc3)cc2)cc1. The van der Waals surface area contributed by atoms with Crippen LogP contribution in [-0.4, -0.2) is 19.7 Å². The lowest BCUT2D eigenvalue weighted by atomic mass is 10.0. The van der Waals surface area contributed by atoms with E-state index in [0.717, 1.165) is 46.0 Å². The van der Waals surface area contributed by atoms with Gasteiger partial charge in [-0.3, -0.25) is 9.55 Å². The minimum absolute atomic E-state index is 0.614. The van der Waals surface area contributed by atoms with Crippen molar-refractivity contribution in [2.45, 2.75) is 20.3 Å². The van der Waals surface area contributed by atoms with Crippen LogP contribution in [0.1, 0.15) is 19.4 Å². The first kappa shape index (κ1) is 24.5. The number of aromatic nitrogens is 4. The van der Waals surface area contributed by atoms with Gasteiger partial charge in [0.1, 0.15) is 0 Å².